The minimum absolute atomic E-state index is 0.111. The molecule has 1 amide bonds. The Morgan fingerprint density at radius 3 is 2.26 bits per heavy atom. The Hall–Kier alpha value is -1.88. The van der Waals surface area contributed by atoms with Gasteiger partial charge in [-0.15, -0.1) is 0 Å². The number of hydrogen-bond donors (Lipinski definition) is 3. The lowest BCUT2D eigenvalue weighted by Gasteiger charge is -2.15. The fourth-order valence-electron chi connectivity index (χ4n) is 2.00. The second-order valence-electron chi connectivity index (χ2n) is 4.80. The molecular weight excluding hydrogens is 244 g/mol. The lowest BCUT2D eigenvalue weighted by atomic mass is 10.0. The molecular formula is C14H20N2O3. The highest BCUT2D eigenvalue weighted by molar-refractivity contribution is 5.96. The third-order valence-electron chi connectivity index (χ3n) is 2.93. The van der Waals surface area contributed by atoms with E-state index in [0.717, 1.165) is 22.4 Å². The van der Waals surface area contributed by atoms with Gasteiger partial charge in [0, 0.05) is 12.1 Å². The van der Waals surface area contributed by atoms with E-state index >= 15 is 0 Å². The number of anilines is 1. The number of benzene rings is 1. The van der Waals surface area contributed by atoms with Crippen molar-refractivity contribution in [2.45, 2.75) is 39.7 Å². The average Bonchev–Trinajstić information content (AvgIpc) is 2.30. The lowest BCUT2D eigenvalue weighted by molar-refractivity contribution is -0.137. The van der Waals surface area contributed by atoms with Gasteiger partial charge in [-0.2, -0.15) is 0 Å². The molecule has 0 aliphatic heterocycles. The quantitative estimate of drug-likeness (QED) is 0.755. The van der Waals surface area contributed by atoms with Crippen molar-refractivity contribution >= 4 is 17.6 Å². The molecule has 1 unspecified atom stereocenters. The summed E-state index contributed by atoms with van der Waals surface area (Å²) in [6.45, 7) is 5.82. The number of nitrogens with one attached hydrogen (secondary N) is 1. The van der Waals surface area contributed by atoms with Gasteiger partial charge < -0.3 is 16.2 Å². The van der Waals surface area contributed by atoms with Crippen LogP contribution in [0.25, 0.3) is 0 Å². The van der Waals surface area contributed by atoms with E-state index in [1.54, 1.807) is 0 Å². The third-order valence-corrected chi connectivity index (χ3v) is 2.93. The van der Waals surface area contributed by atoms with Gasteiger partial charge in [0.1, 0.15) is 0 Å². The molecule has 5 heteroatoms. The molecule has 1 atom stereocenters. The Balaban J connectivity index is 2.74. The van der Waals surface area contributed by atoms with Crippen molar-refractivity contribution < 1.29 is 14.7 Å². The van der Waals surface area contributed by atoms with Crippen LogP contribution >= 0.6 is 0 Å². The monoisotopic (exact) mass is 264 g/mol. The molecule has 0 saturated carbocycles. The van der Waals surface area contributed by atoms with Crippen molar-refractivity contribution in [3.63, 3.8) is 0 Å². The van der Waals surface area contributed by atoms with E-state index in [1.807, 2.05) is 32.9 Å². The van der Waals surface area contributed by atoms with Gasteiger partial charge in [0.25, 0.3) is 0 Å². The fraction of sp³-hybridized carbons (Fsp3) is 0.429. The number of aliphatic carboxylic acids is 1. The van der Waals surface area contributed by atoms with Crippen molar-refractivity contribution in [2.75, 3.05) is 5.32 Å². The number of carboxylic acid groups (broad SMARTS) is 1. The number of carbonyl (C=O) groups is 2. The first-order valence-corrected chi connectivity index (χ1v) is 6.17. The van der Waals surface area contributed by atoms with Gasteiger partial charge in [-0.3, -0.25) is 9.59 Å². The molecule has 0 aliphatic carbocycles. The molecule has 0 radical (unpaired) electrons. The smallest absolute Gasteiger partial charge is 0.303 e. The maximum Gasteiger partial charge on any atom is 0.303 e. The van der Waals surface area contributed by atoms with Crippen molar-refractivity contribution in [3.8, 4) is 0 Å². The van der Waals surface area contributed by atoms with Crippen LogP contribution in [0.5, 0.6) is 0 Å². The highest BCUT2D eigenvalue weighted by Crippen LogP contribution is 2.22. The molecule has 1 rings (SSSR count). The zero-order valence-corrected chi connectivity index (χ0v) is 11.5. The molecule has 0 fully saturated rings. The van der Waals surface area contributed by atoms with Gasteiger partial charge in [-0.1, -0.05) is 17.7 Å². The van der Waals surface area contributed by atoms with Gasteiger partial charge in [0.2, 0.25) is 5.91 Å². The highest BCUT2D eigenvalue weighted by Gasteiger charge is 2.16. The van der Waals surface area contributed by atoms with Crippen molar-refractivity contribution in [1.29, 1.82) is 0 Å². The molecule has 19 heavy (non-hydrogen) atoms. The molecule has 1 aromatic rings. The number of amides is 1. The summed E-state index contributed by atoms with van der Waals surface area (Å²) in [6.07, 6.45) is 0.0194. The summed E-state index contributed by atoms with van der Waals surface area (Å²) in [5, 5.41) is 11.3. The number of hydrogen-bond acceptors (Lipinski definition) is 3. The highest BCUT2D eigenvalue weighted by atomic mass is 16.4. The van der Waals surface area contributed by atoms with Crippen LogP contribution in [0.4, 0.5) is 5.69 Å². The van der Waals surface area contributed by atoms with Crippen LogP contribution in [0.3, 0.4) is 0 Å². The van der Waals surface area contributed by atoms with E-state index in [9.17, 15) is 9.59 Å². The second kappa shape index (κ2) is 6.33. The van der Waals surface area contributed by atoms with E-state index in [4.69, 9.17) is 10.8 Å². The van der Waals surface area contributed by atoms with Crippen molar-refractivity contribution in [3.05, 3.63) is 28.8 Å². The van der Waals surface area contributed by atoms with Crippen LogP contribution in [-0.4, -0.2) is 23.0 Å². The molecule has 4 N–H and O–H groups in total. The van der Waals surface area contributed by atoms with Gasteiger partial charge >= 0.3 is 5.97 Å². The molecule has 0 saturated heterocycles. The maximum atomic E-state index is 11.9. The molecule has 0 heterocycles. The van der Waals surface area contributed by atoms with E-state index in [-0.39, 0.29) is 18.7 Å². The van der Waals surface area contributed by atoms with Gasteiger partial charge in [0.05, 0.1) is 6.04 Å². The summed E-state index contributed by atoms with van der Waals surface area (Å²) in [5.41, 5.74) is 9.48. The Morgan fingerprint density at radius 1 is 1.26 bits per heavy atom. The first-order chi connectivity index (χ1) is 8.81. The molecule has 1 aromatic carbocycles. The van der Waals surface area contributed by atoms with Gasteiger partial charge in [0.15, 0.2) is 0 Å². The summed E-state index contributed by atoms with van der Waals surface area (Å²) in [5.74, 6) is -1.30. The Bertz CT molecular complexity index is 474. The maximum absolute atomic E-state index is 11.9. The standard InChI is InChI=1S/C14H20N2O3/c1-8-6-9(2)13(10(3)7-8)16-14(19)11(15)4-5-12(17)18/h6-7,11H,4-5,15H2,1-3H3,(H,16,19)(H,17,18). The van der Waals surface area contributed by atoms with Gasteiger partial charge in [-0.05, 0) is 38.3 Å². The fourth-order valence-corrected chi connectivity index (χ4v) is 2.00. The van der Waals surface area contributed by atoms with Crippen molar-refractivity contribution in [2.24, 2.45) is 5.73 Å². The number of carboxylic acids is 1. The summed E-state index contributed by atoms with van der Waals surface area (Å²) in [6, 6.07) is 3.15. The number of rotatable bonds is 5. The zero-order valence-electron chi connectivity index (χ0n) is 11.5. The van der Waals surface area contributed by atoms with Crippen LogP contribution in [-0.2, 0) is 9.59 Å². The predicted molar refractivity (Wildman–Crippen MR) is 74.1 cm³/mol. The van der Waals surface area contributed by atoms with Crippen molar-refractivity contribution in [1.82, 2.24) is 0 Å². The minimum atomic E-state index is -0.953. The summed E-state index contributed by atoms with van der Waals surface area (Å²) in [7, 11) is 0. The Labute approximate surface area is 112 Å². The van der Waals surface area contributed by atoms with Crippen LogP contribution in [0, 0.1) is 20.8 Å². The first kappa shape index (κ1) is 15.2. The lowest BCUT2D eigenvalue weighted by Crippen LogP contribution is -2.36. The van der Waals surface area contributed by atoms with E-state index < -0.39 is 12.0 Å². The summed E-state index contributed by atoms with van der Waals surface area (Å²) in [4.78, 5) is 22.3. The SMILES string of the molecule is Cc1cc(C)c(NC(=O)C(N)CCC(=O)O)c(C)c1. The largest absolute Gasteiger partial charge is 0.481 e. The van der Waals surface area contributed by atoms with Crippen LogP contribution in [0.15, 0.2) is 12.1 Å². The number of aryl methyl sites for hydroxylation is 3. The Kier molecular flexibility index (Phi) is 5.06. The second-order valence-corrected chi connectivity index (χ2v) is 4.80. The van der Waals surface area contributed by atoms with Gasteiger partial charge in [-0.25, -0.2) is 0 Å². The van der Waals surface area contributed by atoms with E-state index in [2.05, 4.69) is 5.32 Å². The number of nitrogens with two attached hydrogens (primary N) is 1. The molecule has 104 valence electrons. The summed E-state index contributed by atoms with van der Waals surface area (Å²) >= 11 is 0. The molecule has 0 aromatic heterocycles. The van der Waals surface area contributed by atoms with Crippen LogP contribution in [0.2, 0.25) is 0 Å². The topological polar surface area (TPSA) is 92.4 Å². The molecule has 5 nitrogen and oxygen atoms in total. The summed E-state index contributed by atoms with van der Waals surface area (Å²) < 4.78 is 0. The normalized spacial score (nSPS) is 12.0. The minimum Gasteiger partial charge on any atom is -0.481 e. The van der Waals surface area contributed by atoms with Crippen LogP contribution < -0.4 is 11.1 Å². The van der Waals surface area contributed by atoms with E-state index in [1.165, 1.54) is 0 Å². The third kappa shape index (κ3) is 4.37. The Morgan fingerprint density at radius 2 is 1.79 bits per heavy atom. The predicted octanol–water partition coefficient (Wildman–Crippen LogP) is 1.74. The molecule has 0 spiro atoms. The van der Waals surface area contributed by atoms with Crippen LogP contribution in [0.1, 0.15) is 29.5 Å². The molecule has 0 aliphatic rings. The zero-order chi connectivity index (χ0) is 14.6. The average molecular weight is 264 g/mol. The van der Waals surface area contributed by atoms with E-state index in [0.29, 0.717) is 0 Å². The number of carbonyl (C=O) groups excluding carboxylic acids is 1. The molecule has 0 bridgehead atoms. The first-order valence-electron chi connectivity index (χ1n) is 6.17.